The van der Waals surface area contributed by atoms with Crippen LogP contribution >= 0.6 is 0 Å². The minimum Gasteiger partial charge on any atom is -0.393 e. The van der Waals surface area contributed by atoms with E-state index in [0.29, 0.717) is 12.6 Å². The average Bonchev–Trinajstić information content (AvgIpc) is 3.00. The lowest BCUT2D eigenvalue weighted by Crippen LogP contribution is -2.41. The molecule has 2 fully saturated rings. The van der Waals surface area contributed by atoms with E-state index in [-0.39, 0.29) is 12.0 Å². The molecule has 1 saturated carbocycles. The van der Waals surface area contributed by atoms with Gasteiger partial charge < -0.3 is 10.4 Å². The molecule has 0 aromatic heterocycles. The Morgan fingerprint density at radius 2 is 2.24 bits per heavy atom. The maximum absolute atomic E-state index is 11.7. The van der Waals surface area contributed by atoms with Crippen LogP contribution < -0.4 is 5.32 Å². The number of rotatable bonds is 6. The molecule has 0 bridgehead atoms. The number of carbonyl (C=O) groups excluding carboxylic acids is 1. The van der Waals surface area contributed by atoms with E-state index in [1.165, 1.54) is 12.8 Å². The smallest absolute Gasteiger partial charge is 0.234 e. The summed E-state index contributed by atoms with van der Waals surface area (Å²) in [5, 5.41) is 12.4. The van der Waals surface area contributed by atoms with E-state index in [1.54, 1.807) is 0 Å². The highest BCUT2D eigenvalue weighted by Gasteiger charge is 2.27. The predicted molar refractivity (Wildman–Crippen MR) is 66.6 cm³/mol. The third-order valence-electron chi connectivity index (χ3n) is 3.74. The zero-order valence-electron chi connectivity index (χ0n) is 10.7. The highest BCUT2D eigenvalue weighted by molar-refractivity contribution is 5.78. The normalized spacial score (nSPS) is 27.1. The van der Waals surface area contributed by atoms with Gasteiger partial charge in [-0.15, -0.1) is 0 Å². The lowest BCUT2D eigenvalue weighted by Gasteiger charge is -2.24. The number of amides is 1. The van der Waals surface area contributed by atoms with E-state index < -0.39 is 0 Å². The maximum atomic E-state index is 11.7. The molecule has 2 rings (SSSR count). The Morgan fingerprint density at radius 1 is 1.47 bits per heavy atom. The van der Waals surface area contributed by atoms with Crippen LogP contribution in [0.4, 0.5) is 0 Å². The van der Waals surface area contributed by atoms with Gasteiger partial charge in [0.2, 0.25) is 5.91 Å². The van der Waals surface area contributed by atoms with Gasteiger partial charge in [-0.3, -0.25) is 9.69 Å². The second-order valence-corrected chi connectivity index (χ2v) is 5.60. The van der Waals surface area contributed by atoms with Gasteiger partial charge in [-0.25, -0.2) is 0 Å². The van der Waals surface area contributed by atoms with Gasteiger partial charge in [-0.2, -0.15) is 0 Å². The van der Waals surface area contributed by atoms with E-state index in [1.807, 2.05) is 6.92 Å². The molecule has 4 heteroatoms. The molecule has 1 amide bonds. The molecule has 0 spiro atoms. The van der Waals surface area contributed by atoms with Crippen molar-refractivity contribution in [1.29, 1.82) is 0 Å². The second kappa shape index (κ2) is 5.83. The first-order valence-corrected chi connectivity index (χ1v) is 6.84. The molecule has 2 N–H and O–H groups in total. The molecular weight excluding hydrogens is 216 g/mol. The summed E-state index contributed by atoms with van der Waals surface area (Å²) in [6, 6.07) is 0.390. The number of nitrogens with one attached hydrogen (secondary N) is 1. The molecule has 1 saturated heterocycles. The van der Waals surface area contributed by atoms with E-state index >= 15 is 0 Å². The summed E-state index contributed by atoms with van der Waals surface area (Å²) in [7, 11) is 0. The fourth-order valence-electron chi connectivity index (χ4n) is 2.58. The molecule has 2 unspecified atom stereocenters. The van der Waals surface area contributed by atoms with E-state index in [4.69, 9.17) is 0 Å². The molecule has 2 atom stereocenters. The van der Waals surface area contributed by atoms with Crippen LogP contribution in [0.15, 0.2) is 0 Å². The van der Waals surface area contributed by atoms with Crippen molar-refractivity contribution in [1.82, 2.24) is 10.2 Å². The Morgan fingerprint density at radius 3 is 2.88 bits per heavy atom. The minimum atomic E-state index is -0.268. The molecule has 4 nitrogen and oxygen atoms in total. The molecule has 0 aromatic rings. The van der Waals surface area contributed by atoms with Crippen LogP contribution in [0.1, 0.15) is 39.0 Å². The van der Waals surface area contributed by atoms with Crippen molar-refractivity contribution >= 4 is 5.91 Å². The van der Waals surface area contributed by atoms with Crippen LogP contribution in [0.25, 0.3) is 0 Å². The third kappa shape index (κ3) is 4.28. The van der Waals surface area contributed by atoms with Gasteiger partial charge in [0.25, 0.3) is 0 Å². The Hall–Kier alpha value is -0.610. The number of aliphatic hydroxyl groups is 1. The van der Waals surface area contributed by atoms with E-state index in [0.717, 1.165) is 38.3 Å². The Labute approximate surface area is 103 Å². The average molecular weight is 240 g/mol. The predicted octanol–water partition coefficient (Wildman–Crippen LogP) is 0.748. The topological polar surface area (TPSA) is 52.6 Å². The Kier molecular flexibility index (Phi) is 4.40. The van der Waals surface area contributed by atoms with Crippen molar-refractivity contribution in [3.63, 3.8) is 0 Å². The van der Waals surface area contributed by atoms with Crippen LogP contribution in [0, 0.1) is 5.92 Å². The number of hydrogen-bond donors (Lipinski definition) is 2. The van der Waals surface area contributed by atoms with Crippen LogP contribution in [0.5, 0.6) is 0 Å². The second-order valence-electron chi connectivity index (χ2n) is 5.60. The van der Waals surface area contributed by atoms with E-state index in [2.05, 4.69) is 10.2 Å². The maximum Gasteiger partial charge on any atom is 0.234 e. The third-order valence-corrected chi connectivity index (χ3v) is 3.74. The van der Waals surface area contributed by atoms with Crippen molar-refractivity contribution in [2.24, 2.45) is 5.92 Å². The standard InChI is InChI=1S/C13H24N2O2/c1-10(16)7-12-3-2-6-15(12)9-13(17)14-8-11-4-5-11/h10-12,16H,2-9H2,1H3,(H,14,17). The summed E-state index contributed by atoms with van der Waals surface area (Å²) in [6.45, 7) is 4.18. The van der Waals surface area contributed by atoms with Gasteiger partial charge in [0.05, 0.1) is 12.6 Å². The Bertz CT molecular complexity index is 264. The number of nitrogens with zero attached hydrogens (tertiary/aromatic N) is 1. The monoisotopic (exact) mass is 240 g/mol. The largest absolute Gasteiger partial charge is 0.393 e. The van der Waals surface area contributed by atoms with Crippen molar-refractivity contribution in [2.75, 3.05) is 19.6 Å². The fraction of sp³-hybridized carbons (Fsp3) is 0.923. The lowest BCUT2D eigenvalue weighted by atomic mass is 10.1. The molecule has 2 aliphatic rings. The molecule has 0 aromatic carbocycles. The van der Waals surface area contributed by atoms with Gasteiger partial charge >= 0.3 is 0 Å². The zero-order chi connectivity index (χ0) is 12.3. The molecule has 17 heavy (non-hydrogen) atoms. The molecule has 1 aliphatic heterocycles. The first kappa shape index (κ1) is 12.8. The summed E-state index contributed by atoms with van der Waals surface area (Å²) < 4.78 is 0. The number of carbonyl (C=O) groups is 1. The van der Waals surface area contributed by atoms with E-state index in [9.17, 15) is 9.90 Å². The van der Waals surface area contributed by atoms with Crippen LogP contribution in [-0.4, -0.2) is 47.7 Å². The summed E-state index contributed by atoms with van der Waals surface area (Å²) >= 11 is 0. The van der Waals surface area contributed by atoms with Crippen LogP contribution in [-0.2, 0) is 4.79 Å². The van der Waals surface area contributed by atoms with Gasteiger partial charge in [0.15, 0.2) is 0 Å². The minimum absolute atomic E-state index is 0.148. The first-order chi connectivity index (χ1) is 8.15. The number of aliphatic hydroxyl groups excluding tert-OH is 1. The highest BCUT2D eigenvalue weighted by Crippen LogP contribution is 2.27. The summed E-state index contributed by atoms with van der Waals surface area (Å²) in [5.74, 6) is 0.889. The summed E-state index contributed by atoms with van der Waals surface area (Å²) in [4.78, 5) is 14.0. The molecule has 98 valence electrons. The van der Waals surface area contributed by atoms with Crippen molar-refractivity contribution in [3.05, 3.63) is 0 Å². The molecule has 1 heterocycles. The van der Waals surface area contributed by atoms with Gasteiger partial charge in [-0.05, 0) is 51.5 Å². The Balaban J connectivity index is 1.70. The molecule has 0 radical (unpaired) electrons. The van der Waals surface area contributed by atoms with Gasteiger partial charge in [0.1, 0.15) is 0 Å². The van der Waals surface area contributed by atoms with Crippen molar-refractivity contribution < 1.29 is 9.90 Å². The van der Waals surface area contributed by atoms with Crippen molar-refractivity contribution in [2.45, 2.75) is 51.2 Å². The molecule has 1 aliphatic carbocycles. The zero-order valence-corrected chi connectivity index (χ0v) is 10.7. The fourth-order valence-corrected chi connectivity index (χ4v) is 2.58. The van der Waals surface area contributed by atoms with Crippen molar-refractivity contribution in [3.8, 4) is 0 Å². The summed E-state index contributed by atoms with van der Waals surface area (Å²) in [5.41, 5.74) is 0. The molecular formula is C13H24N2O2. The number of likely N-dealkylation sites (tertiary alicyclic amines) is 1. The lowest BCUT2D eigenvalue weighted by molar-refractivity contribution is -0.122. The van der Waals surface area contributed by atoms with Crippen LogP contribution in [0.2, 0.25) is 0 Å². The van der Waals surface area contributed by atoms with Crippen LogP contribution in [0.3, 0.4) is 0 Å². The first-order valence-electron chi connectivity index (χ1n) is 6.84. The summed E-state index contributed by atoms with van der Waals surface area (Å²) in [6.07, 6.45) is 5.32. The highest BCUT2D eigenvalue weighted by atomic mass is 16.3. The van der Waals surface area contributed by atoms with Gasteiger partial charge in [0, 0.05) is 12.6 Å². The quantitative estimate of drug-likeness (QED) is 0.720. The van der Waals surface area contributed by atoms with Gasteiger partial charge in [-0.1, -0.05) is 0 Å². The SMILES string of the molecule is CC(O)CC1CCCN1CC(=O)NCC1CC1. The number of hydrogen-bond acceptors (Lipinski definition) is 3.